The number of pyridine rings is 1. The molecule has 0 aliphatic heterocycles. The summed E-state index contributed by atoms with van der Waals surface area (Å²) in [7, 11) is 0. The van der Waals surface area contributed by atoms with E-state index in [9.17, 15) is 0 Å². The molecular weight excluding hydrogens is 236 g/mol. The van der Waals surface area contributed by atoms with Crippen molar-refractivity contribution in [3.63, 3.8) is 0 Å². The van der Waals surface area contributed by atoms with E-state index in [-0.39, 0.29) is 0 Å². The third kappa shape index (κ3) is 1.57. The highest BCUT2D eigenvalue weighted by molar-refractivity contribution is 5.82. The fraction of sp³-hybridized carbons (Fsp3) is 0.133. The Labute approximate surface area is 110 Å². The number of hydrogen-bond acceptors (Lipinski definition) is 3. The molecule has 0 amide bonds. The van der Waals surface area contributed by atoms with Crippen LogP contribution in [-0.2, 0) is 6.42 Å². The summed E-state index contributed by atoms with van der Waals surface area (Å²) < 4.78 is 1.80. The van der Waals surface area contributed by atoms with Gasteiger partial charge in [0.05, 0.1) is 11.4 Å². The number of nitrogens with zero attached hydrogens (tertiary/aromatic N) is 4. The molecule has 0 saturated heterocycles. The second-order valence-electron chi connectivity index (χ2n) is 4.78. The van der Waals surface area contributed by atoms with Gasteiger partial charge < -0.3 is 0 Å². The second-order valence-corrected chi connectivity index (χ2v) is 4.78. The molecule has 3 aromatic rings. The van der Waals surface area contributed by atoms with Crippen LogP contribution < -0.4 is 0 Å². The van der Waals surface area contributed by atoms with Gasteiger partial charge in [-0.15, -0.1) is 0 Å². The number of aryl methyl sites for hydroxylation is 1. The van der Waals surface area contributed by atoms with E-state index in [4.69, 9.17) is 0 Å². The molecule has 1 aliphatic rings. The topological polar surface area (TPSA) is 43.1 Å². The normalized spacial score (nSPS) is 13.6. The highest BCUT2D eigenvalue weighted by Gasteiger charge is 2.18. The van der Waals surface area contributed by atoms with Crippen molar-refractivity contribution in [1.82, 2.24) is 19.6 Å². The maximum atomic E-state index is 4.60. The van der Waals surface area contributed by atoms with Gasteiger partial charge in [0.1, 0.15) is 0 Å². The van der Waals surface area contributed by atoms with E-state index >= 15 is 0 Å². The van der Waals surface area contributed by atoms with E-state index < -0.39 is 0 Å². The van der Waals surface area contributed by atoms with Crippen molar-refractivity contribution < 1.29 is 0 Å². The summed E-state index contributed by atoms with van der Waals surface area (Å²) in [6.45, 7) is 2.07. The van der Waals surface area contributed by atoms with Gasteiger partial charge in [-0.2, -0.15) is 5.10 Å². The van der Waals surface area contributed by atoms with Crippen molar-refractivity contribution in [3.8, 4) is 0 Å². The summed E-state index contributed by atoms with van der Waals surface area (Å²) in [5.41, 5.74) is 6.51. The average Bonchev–Trinajstić information content (AvgIpc) is 3.03. The average molecular weight is 248 g/mol. The van der Waals surface area contributed by atoms with Crippen LogP contribution in [0.3, 0.4) is 0 Å². The van der Waals surface area contributed by atoms with E-state index in [2.05, 4.69) is 34.1 Å². The molecular formula is C15H12N4. The molecule has 4 heteroatoms. The Balaban J connectivity index is 1.88. The van der Waals surface area contributed by atoms with Crippen molar-refractivity contribution in [3.05, 3.63) is 65.4 Å². The lowest BCUT2D eigenvalue weighted by atomic mass is 10.1. The molecule has 0 radical (unpaired) electrons. The van der Waals surface area contributed by atoms with Gasteiger partial charge in [-0.1, -0.05) is 6.08 Å². The van der Waals surface area contributed by atoms with Crippen LogP contribution in [-0.4, -0.2) is 19.6 Å². The van der Waals surface area contributed by atoms with Gasteiger partial charge >= 0.3 is 0 Å². The molecule has 0 aromatic carbocycles. The van der Waals surface area contributed by atoms with Gasteiger partial charge in [0.2, 0.25) is 0 Å². The number of allylic oxidation sites excluding steroid dienone is 1. The van der Waals surface area contributed by atoms with E-state index in [0.29, 0.717) is 0 Å². The Bertz CT molecular complexity index is 814. The first kappa shape index (κ1) is 10.4. The molecule has 19 heavy (non-hydrogen) atoms. The van der Waals surface area contributed by atoms with Crippen molar-refractivity contribution >= 4 is 11.2 Å². The van der Waals surface area contributed by atoms with Crippen LogP contribution in [0.1, 0.15) is 22.5 Å². The van der Waals surface area contributed by atoms with E-state index in [1.165, 1.54) is 16.7 Å². The predicted molar refractivity (Wildman–Crippen MR) is 72.7 cm³/mol. The Kier molecular flexibility index (Phi) is 2.06. The number of aromatic nitrogens is 4. The monoisotopic (exact) mass is 248 g/mol. The number of imidazole rings is 1. The lowest BCUT2D eigenvalue weighted by Gasteiger charge is -2.06. The molecule has 0 saturated carbocycles. The zero-order valence-corrected chi connectivity index (χ0v) is 10.5. The Morgan fingerprint density at radius 2 is 2.16 bits per heavy atom. The Hall–Kier alpha value is -2.49. The molecule has 92 valence electrons. The molecule has 3 aromatic heterocycles. The lowest BCUT2D eigenvalue weighted by molar-refractivity contribution is 0.922. The quantitative estimate of drug-likeness (QED) is 0.664. The second kappa shape index (κ2) is 3.75. The van der Waals surface area contributed by atoms with Crippen LogP contribution >= 0.6 is 0 Å². The van der Waals surface area contributed by atoms with Crippen LogP contribution in [0.15, 0.2) is 42.9 Å². The van der Waals surface area contributed by atoms with Gasteiger partial charge in [-0.3, -0.25) is 4.98 Å². The minimum atomic E-state index is 0.866. The van der Waals surface area contributed by atoms with E-state index in [0.717, 1.165) is 23.5 Å². The molecule has 0 N–H and O–H groups in total. The van der Waals surface area contributed by atoms with Crippen LogP contribution in [0.2, 0.25) is 0 Å². The smallest absolute Gasteiger partial charge is 0.153 e. The van der Waals surface area contributed by atoms with E-state index in [1.54, 1.807) is 10.7 Å². The molecule has 0 atom stereocenters. The highest BCUT2D eigenvalue weighted by Crippen LogP contribution is 2.30. The standard InChI is InChI=1S/C15H12N4/c1-10-8-12-11(2-3-13(12)17-9-10)14-4-5-15-16-6-7-19(15)18-14/h2,4-9H,3H2,1H3. The molecule has 0 unspecified atom stereocenters. The first-order chi connectivity index (χ1) is 9.31. The summed E-state index contributed by atoms with van der Waals surface area (Å²) in [6.07, 6.45) is 8.62. The first-order valence-corrected chi connectivity index (χ1v) is 6.28. The van der Waals surface area contributed by atoms with Crippen LogP contribution in [0.25, 0.3) is 11.2 Å². The highest BCUT2D eigenvalue weighted by atomic mass is 15.2. The lowest BCUT2D eigenvalue weighted by Crippen LogP contribution is -1.98. The number of rotatable bonds is 1. The van der Waals surface area contributed by atoms with Crippen molar-refractivity contribution in [2.24, 2.45) is 0 Å². The van der Waals surface area contributed by atoms with Crippen LogP contribution in [0.5, 0.6) is 0 Å². The van der Waals surface area contributed by atoms with Crippen molar-refractivity contribution in [2.75, 3.05) is 0 Å². The third-order valence-electron chi connectivity index (χ3n) is 3.43. The van der Waals surface area contributed by atoms with Gasteiger partial charge in [-0.05, 0) is 30.7 Å². The Morgan fingerprint density at radius 1 is 1.21 bits per heavy atom. The third-order valence-corrected chi connectivity index (χ3v) is 3.43. The molecule has 0 fully saturated rings. The molecule has 4 rings (SSSR count). The summed E-state index contributed by atoms with van der Waals surface area (Å²) in [6, 6.07) is 6.19. The maximum absolute atomic E-state index is 4.60. The Morgan fingerprint density at radius 3 is 3.11 bits per heavy atom. The largest absolute Gasteiger partial charge is 0.260 e. The molecule has 0 spiro atoms. The number of hydrogen-bond donors (Lipinski definition) is 0. The van der Waals surface area contributed by atoms with Crippen LogP contribution in [0.4, 0.5) is 0 Å². The van der Waals surface area contributed by atoms with Gasteiger partial charge in [-0.25, -0.2) is 9.50 Å². The van der Waals surface area contributed by atoms with Gasteiger partial charge in [0.25, 0.3) is 0 Å². The maximum Gasteiger partial charge on any atom is 0.153 e. The van der Waals surface area contributed by atoms with E-state index in [1.807, 2.05) is 24.5 Å². The SMILES string of the molecule is Cc1cnc2c(c1)C(c1ccc3nccn3n1)=CC2. The summed E-state index contributed by atoms with van der Waals surface area (Å²) in [4.78, 5) is 8.70. The fourth-order valence-electron chi connectivity index (χ4n) is 2.50. The zero-order valence-electron chi connectivity index (χ0n) is 10.5. The van der Waals surface area contributed by atoms with Crippen LogP contribution in [0, 0.1) is 6.92 Å². The minimum absolute atomic E-state index is 0.866. The van der Waals surface area contributed by atoms with Crippen molar-refractivity contribution in [1.29, 1.82) is 0 Å². The molecule has 0 bridgehead atoms. The fourth-order valence-corrected chi connectivity index (χ4v) is 2.50. The number of fused-ring (bicyclic) bond motifs is 2. The summed E-state index contributed by atoms with van der Waals surface area (Å²) in [5, 5.41) is 4.60. The predicted octanol–water partition coefficient (Wildman–Crippen LogP) is 2.42. The molecule has 4 nitrogen and oxygen atoms in total. The van der Waals surface area contributed by atoms with Gasteiger partial charge in [0, 0.05) is 36.1 Å². The first-order valence-electron chi connectivity index (χ1n) is 6.28. The zero-order chi connectivity index (χ0) is 12.8. The van der Waals surface area contributed by atoms with Gasteiger partial charge in [0.15, 0.2) is 5.65 Å². The molecule has 1 aliphatic carbocycles. The minimum Gasteiger partial charge on any atom is -0.260 e. The molecule has 3 heterocycles. The van der Waals surface area contributed by atoms with Crippen molar-refractivity contribution in [2.45, 2.75) is 13.3 Å². The summed E-state index contributed by atoms with van der Waals surface area (Å²) in [5.74, 6) is 0. The summed E-state index contributed by atoms with van der Waals surface area (Å²) >= 11 is 0.